The molecule has 1 fully saturated rings. The van der Waals surface area contributed by atoms with Crippen LogP contribution in [0.3, 0.4) is 0 Å². The molecule has 1 aliphatic heterocycles. The van der Waals surface area contributed by atoms with Gasteiger partial charge in [-0.05, 0) is 42.7 Å². The number of urea groups is 1. The molecule has 0 bridgehead atoms. The van der Waals surface area contributed by atoms with Gasteiger partial charge in [0.1, 0.15) is 6.04 Å². The first-order valence-electron chi connectivity index (χ1n) is 9.26. The van der Waals surface area contributed by atoms with Crippen molar-refractivity contribution in [2.45, 2.75) is 30.3 Å². The van der Waals surface area contributed by atoms with E-state index in [4.69, 9.17) is 5.73 Å². The number of nitrogens with two attached hydrogens (primary N) is 1. The standard InChI is InChI=1S/C20H24N4O4S/c1-23(14-15-6-3-2-4-7-15)29(27,28)17-11-9-16(10-12-17)22-19(25)18-8-5-13-24(18)20(21)26/h2-4,6-7,9-12,18H,5,8,13-14H2,1H3,(H2,21,26)(H,22,25)/t18-/m1/s1. The van der Waals surface area contributed by atoms with E-state index in [9.17, 15) is 18.0 Å². The minimum absolute atomic E-state index is 0.133. The van der Waals surface area contributed by atoms with Crippen LogP contribution in [0, 0.1) is 0 Å². The van der Waals surface area contributed by atoms with Gasteiger partial charge in [0.2, 0.25) is 15.9 Å². The molecule has 2 aromatic carbocycles. The van der Waals surface area contributed by atoms with Crippen LogP contribution in [0.2, 0.25) is 0 Å². The van der Waals surface area contributed by atoms with E-state index < -0.39 is 22.1 Å². The molecule has 29 heavy (non-hydrogen) atoms. The molecule has 1 saturated heterocycles. The maximum Gasteiger partial charge on any atom is 0.315 e. The van der Waals surface area contributed by atoms with Gasteiger partial charge in [-0.15, -0.1) is 0 Å². The third kappa shape index (κ3) is 4.75. The van der Waals surface area contributed by atoms with Crippen molar-refractivity contribution in [3.8, 4) is 0 Å². The maximum atomic E-state index is 12.8. The molecule has 0 aromatic heterocycles. The van der Waals surface area contributed by atoms with E-state index in [1.54, 1.807) is 0 Å². The van der Waals surface area contributed by atoms with E-state index >= 15 is 0 Å². The number of carbonyl (C=O) groups is 2. The number of nitrogens with zero attached hydrogens (tertiary/aromatic N) is 2. The number of primary amides is 1. The van der Waals surface area contributed by atoms with Crippen molar-refractivity contribution in [2.24, 2.45) is 5.73 Å². The Labute approximate surface area is 170 Å². The van der Waals surface area contributed by atoms with Crippen LogP contribution in [-0.4, -0.2) is 49.2 Å². The molecule has 8 nitrogen and oxygen atoms in total. The third-order valence-corrected chi connectivity index (χ3v) is 6.73. The van der Waals surface area contributed by atoms with Crippen molar-refractivity contribution >= 4 is 27.6 Å². The molecule has 2 aromatic rings. The van der Waals surface area contributed by atoms with E-state index in [2.05, 4.69) is 5.32 Å². The van der Waals surface area contributed by atoms with Crippen LogP contribution in [0.4, 0.5) is 10.5 Å². The van der Waals surface area contributed by atoms with Crippen molar-refractivity contribution in [1.29, 1.82) is 0 Å². The van der Waals surface area contributed by atoms with Gasteiger partial charge in [-0.2, -0.15) is 4.31 Å². The Balaban J connectivity index is 1.67. The average molecular weight is 417 g/mol. The van der Waals surface area contributed by atoms with E-state index in [-0.39, 0.29) is 17.3 Å². The summed E-state index contributed by atoms with van der Waals surface area (Å²) in [6.45, 7) is 0.713. The van der Waals surface area contributed by atoms with E-state index in [1.807, 2.05) is 30.3 Å². The minimum Gasteiger partial charge on any atom is -0.351 e. The number of hydrogen-bond acceptors (Lipinski definition) is 4. The number of sulfonamides is 1. The summed E-state index contributed by atoms with van der Waals surface area (Å²) in [5.41, 5.74) is 6.65. The van der Waals surface area contributed by atoms with Crippen LogP contribution in [-0.2, 0) is 21.4 Å². The number of carbonyl (C=O) groups excluding carboxylic acids is 2. The lowest BCUT2D eigenvalue weighted by molar-refractivity contribution is -0.119. The highest BCUT2D eigenvalue weighted by Crippen LogP contribution is 2.21. The summed E-state index contributed by atoms with van der Waals surface area (Å²) in [6.07, 6.45) is 1.26. The second-order valence-corrected chi connectivity index (χ2v) is 8.99. The van der Waals surface area contributed by atoms with E-state index in [1.165, 1.54) is 40.5 Å². The maximum absolute atomic E-state index is 12.8. The van der Waals surface area contributed by atoms with Gasteiger partial charge in [0, 0.05) is 25.8 Å². The Morgan fingerprint density at radius 2 is 1.79 bits per heavy atom. The molecular formula is C20H24N4O4S. The zero-order valence-electron chi connectivity index (χ0n) is 16.1. The number of anilines is 1. The van der Waals surface area contributed by atoms with Gasteiger partial charge in [0.15, 0.2) is 0 Å². The molecule has 0 saturated carbocycles. The normalized spacial score (nSPS) is 16.8. The lowest BCUT2D eigenvalue weighted by Gasteiger charge is -2.22. The molecule has 0 unspecified atom stereocenters. The Morgan fingerprint density at radius 3 is 2.41 bits per heavy atom. The second kappa shape index (κ2) is 8.62. The Morgan fingerprint density at radius 1 is 1.14 bits per heavy atom. The third-order valence-electron chi connectivity index (χ3n) is 4.92. The topological polar surface area (TPSA) is 113 Å². The van der Waals surface area contributed by atoms with Crippen LogP contribution >= 0.6 is 0 Å². The van der Waals surface area contributed by atoms with Crippen molar-refractivity contribution < 1.29 is 18.0 Å². The summed E-state index contributed by atoms with van der Waals surface area (Å²) < 4.78 is 26.8. The van der Waals surface area contributed by atoms with E-state index in [0.717, 1.165) is 5.56 Å². The number of amides is 3. The minimum atomic E-state index is -3.67. The summed E-state index contributed by atoms with van der Waals surface area (Å²) in [5, 5.41) is 2.72. The fraction of sp³-hybridized carbons (Fsp3) is 0.300. The quantitative estimate of drug-likeness (QED) is 0.750. The molecule has 1 aliphatic rings. The van der Waals surface area contributed by atoms with Crippen LogP contribution in [0.1, 0.15) is 18.4 Å². The summed E-state index contributed by atoms with van der Waals surface area (Å²) in [6, 6.07) is 14.1. The molecule has 9 heteroatoms. The van der Waals surface area contributed by atoms with Gasteiger partial charge in [-0.3, -0.25) is 4.79 Å². The molecule has 3 N–H and O–H groups in total. The van der Waals surface area contributed by atoms with Crippen molar-refractivity contribution in [3.05, 3.63) is 60.2 Å². The first-order valence-corrected chi connectivity index (χ1v) is 10.7. The van der Waals surface area contributed by atoms with Crippen molar-refractivity contribution in [3.63, 3.8) is 0 Å². The highest BCUT2D eigenvalue weighted by molar-refractivity contribution is 7.89. The van der Waals surface area contributed by atoms with Gasteiger partial charge in [-0.1, -0.05) is 30.3 Å². The van der Waals surface area contributed by atoms with Gasteiger partial charge in [-0.25, -0.2) is 13.2 Å². The summed E-state index contributed by atoms with van der Waals surface area (Å²) in [7, 11) is -2.14. The van der Waals surface area contributed by atoms with Crippen LogP contribution in [0.15, 0.2) is 59.5 Å². The van der Waals surface area contributed by atoms with Crippen LogP contribution in [0.5, 0.6) is 0 Å². The highest BCUT2D eigenvalue weighted by Gasteiger charge is 2.33. The smallest absolute Gasteiger partial charge is 0.315 e. The molecule has 154 valence electrons. The number of hydrogen-bond donors (Lipinski definition) is 2. The summed E-state index contributed by atoms with van der Waals surface area (Å²) in [5.74, 6) is -0.335. The average Bonchev–Trinajstić information content (AvgIpc) is 3.19. The number of nitrogens with one attached hydrogen (secondary N) is 1. The predicted octanol–water partition coefficient (Wildman–Crippen LogP) is 1.99. The molecule has 0 spiro atoms. The number of benzene rings is 2. The lowest BCUT2D eigenvalue weighted by Crippen LogP contribution is -2.45. The molecular weight excluding hydrogens is 392 g/mol. The van der Waals surface area contributed by atoms with Crippen LogP contribution in [0.25, 0.3) is 0 Å². The lowest BCUT2D eigenvalue weighted by atomic mass is 10.2. The molecule has 3 rings (SSSR count). The van der Waals surface area contributed by atoms with Crippen molar-refractivity contribution in [2.75, 3.05) is 18.9 Å². The highest BCUT2D eigenvalue weighted by atomic mass is 32.2. The summed E-state index contributed by atoms with van der Waals surface area (Å²) in [4.78, 5) is 25.3. The fourth-order valence-corrected chi connectivity index (χ4v) is 4.50. The molecule has 0 aliphatic carbocycles. The van der Waals surface area contributed by atoms with Gasteiger partial charge >= 0.3 is 6.03 Å². The molecule has 3 amide bonds. The van der Waals surface area contributed by atoms with E-state index in [0.29, 0.717) is 25.1 Å². The Bertz CT molecular complexity index is 977. The zero-order valence-corrected chi connectivity index (χ0v) is 16.9. The molecule has 1 heterocycles. The van der Waals surface area contributed by atoms with Crippen molar-refractivity contribution in [1.82, 2.24) is 9.21 Å². The second-order valence-electron chi connectivity index (χ2n) is 6.95. The summed E-state index contributed by atoms with van der Waals surface area (Å²) >= 11 is 0. The molecule has 0 radical (unpaired) electrons. The van der Waals surface area contributed by atoms with Gasteiger partial charge in [0.25, 0.3) is 0 Å². The van der Waals surface area contributed by atoms with Gasteiger partial charge in [0.05, 0.1) is 4.90 Å². The Hall–Kier alpha value is -2.91. The Kier molecular flexibility index (Phi) is 6.19. The monoisotopic (exact) mass is 416 g/mol. The zero-order chi connectivity index (χ0) is 21.0. The SMILES string of the molecule is CN(Cc1ccccc1)S(=O)(=O)c1ccc(NC(=O)[C@H]2CCCN2C(N)=O)cc1. The predicted molar refractivity (Wildman–Crippen MR) is 109 cm³/mol. The first kappa shape index (κ1) is 20.8. The van der Waals surface area contributed by atoms with Gasteiger partial charge < -0.3 is 16.0 Å². The first-order chi connectivity index (χ1) is 13.8. The number of likely N-dealkylation sites (tertiary alicyclic amines) is 1. The fourth-order valence-electron chi connectivity index (χ4n) is 3.34. The van der Waals surface area contributed by atoms with Crippen LogP contribution < -0.4 is 11.1 Å². The molecule has 1 atom stereocenters. The largest absolute Gasteiger partial charge is 0.351 e. The number of rotatable bonds is 6.